The van der Waals surface area contributed by atoms with E-state index in [2.05, 4.69) is 5.32 Å². The first-order valence-electron chi connectivity index (χ1n) is 5.61. The number of rotatable bonds is 3. The number of nitrogens with one attached hydrogen (secondary N) is 1. The molecule has 2 amide bonds. The van der Waals surface area contributed by atoms with Crippen molar-refractivity contribution in [2.45, 2.75) is 0 Å². The summed E-state index contributed by atoms with van der Waals surface area (Å²) in [5, 5.41) is 21.4. The first-order valence-corrected chi connectivity index (χ1v) is 5.61. The lowest BCUT2D eigenvalue weighted by molar-refractivity contribution is -0.384. The summed E-state index contributed by atoms with van der Waals surface area (Å²) in [6, 6.07) is 2.07. The highest BCUT2D eigenvalue weighted by molar-refractivity contribution is 5.91. The molecule has 20 heavy (non-hydrogen) atoms. The van der Waals surface area contributed by atoms with Crippen LogP contribution in [0.2, 0.25) is 0 Å². The van der Waals surface area contributed by atoms with Crippen molar-refractivity contribution in [2.24, 2.45) is 5.92 Å². The fraction of sp³-hybridized carbons (Fsp3) is 0.273. The van der Waals surface area contributed by atoms with Crippen LogP contribution in [0, 0.1) is 21.8 Å². The fourth-order valence-electron chi connectivity index (χ4n) is 1.72. The molecular formula is C11H10FN3O5. The number of non-ortho nitro benzene ring substituents is 1. The molecular weight excluding hydrogens is 273 g/mol. The highest BCUT2D eigenvalue weighted by atomic mass is 19.1. The smallest absolute Gasteiger partial charge is 0.321 e. The minimum absolute atomic E-state index is 0.0255. The van der Waals surface area contributed by atoms with E-state index in [1.54, 1.807) is 0 Å². The second-order valence-corrected chi connectivity index (χ2v) is 4.29. The van der Waals surface area contributed by atoms with Crippen molar-refractivity contribution in [3.8, 4) is 0 Å². The number of carboxylic acid groups (broad SMARTS) is 1. The number of anilines is 1. The molecule has 9 heteroatoms. The fourth-order valence-corrected chi connectivity index (χ4v) is 1.72. The number of amides is 2. The van der Waals surface area contributed by atoms with Crippen LogP contribution in [0.15, 0.2) is 18.2 Å². The zero-order chi connectivity index (χ0) is 14.9. The number of nitrogens with zero attached hydrogens (tertiary/aromatic N) is 2. The van der Waals surface area contributed by atoms with Crippen LogP contribution in [-0.2, 0) is 4.79 Å². The van der Waals surface area contributed by atoms with Crippen molar-refractivity contribution in [3.05, 3.63) is 34.1 Å². The monoisotopic (exact) mass is 283 g/mol. The first-order chi connectivity index (χ1) is 9.38. The maximum absolute atomic E-state index is 13.4. The Kier molecular flexibility index (Phi) is 3.51. The van der Waals surface area contributed by atoms with E-state index in [-0.39, 0.29) is 24.5 Å². The molecule has 1 saturated heterocycles. The summed E-state index contributed by atoms with van der Waals surface area (Å²) in [5.41, 5.74) is -0.670. The van der Waals surface area contributed by atoms with Crippen LogP contribution in [0.4, 0.5) is 20.6 Å². The third-order valence-corrected chi connectivity index (χ3v) is 2.92. The van der Waals surface area contributed by atoms with Gasteiger partial charge in [0, 0.05) is 25.2 Å². The molecule has 1 aromatic rings. The van der Waals surface area contributed by atoms with Crippen LogP contribution in [0.1, 0.15) is 0 Å². The lowest BCUT2D eigenvalue weighted by atomic mass is 10.0. The van der Waals surface area contributed by atoms with Gasteiger partial charge in [0.25, 0.3) is 5.69 Å². The van der Waals surface area contributed by atoms with E-state index in [0.717, 1.165) is 18.2 Å². The van der Waals surface area contributed by atoms with E-state index in [0.29, 0.717) is 0 Å². The molecule has 1 fully saturated rings. The van der Waals surface area contributed by atoms with Crippen molar-refractivity contribution in [1.29, 1.82) is 0 Å². The topological polar surface area (TPSA) is 113 Å². The summed E-state index contributed by atoms with van der Waals surface area (Å²) < 4.78 is 13.4. The number of aliphatic carboxylic acids is 1. The molecule has 0 saturated carbocycles. The number of benzene rings is 1. The highest BCUT2D eigenvalue weighted by Crippen LogP contribution is 2.23. The Bertz CT molecular complexity index is 585. The van der Waals surface area contributed by atoms with Crippen molar-refractivity contribution >= 4 is 23.4 Å². The molecule has 0 aliphatic carbocycles. The minimum atomic E-state index is -1.00. The van der Waals surface area contributed by atoms with Gasteiger partial charge in [0.15, 0.2) is 0 Å². The molecule has 1 aliphatic rings. The van der Waals surface area contributed by atoms with Gasteiger partial charge in [-0.05, 0) is 6.07 Å². The Morgan fingerprint density at radius 2 is 2.10 bits per heavy atom. The van der Waals surface area contributed by atoms with Crippen LogP contribution in [0.25, 0.3) is 0 Å². The predicted molar refractivity (Wildman–Crippen MR) is 64.8 cm³/mol. The average molecular weight is 283 g/mol. The zero-order valence-electron chi connectivity index (χ0n) is 10.1. The van der Waals surface area contributed by atoms with Crippen molar-refractivity contribution in [2.75, 3.05) is 18.4 Å². The number of carboxylic acids is 1. The van der Waals surface area contributed by atoms with Gasteiger partial charge >= 0.3 is 12.0 Å². The van der Waals surface area contributed by atoms with Crippen molar-refractivity contribution in [3.63, 3.8) is 0 Å². The molecule has 0 unspecified atom stereocenters. The number of nitro groups is 1. The van der Waals surface area contributed by atoms with Crippen LogP contribution >= 0.6 is 0 Å². The lowest BCUT2D eigenvalue weighted by Crippen LogP contribution is -2.54. The molecule has 1 heterocycles. The summed E-state index contributed by atoms with van der Waals surface area (Å²) >= 11 is 0. The van der Waals surface area contributed by atoms with Gasteiger partial charge in [-0.2, -0.15) is 0 Å². The largest absolute Gasteiger partial charge is 0.481 e. The zero-order valence-corrected chi connectivity index (χ0v) is 10.1. The Morgan fingerprint density at radius 3 is 2.65 bits per heavy atom. The molecule has 0 bridgehead atoms. The van der Waals surface area contributed by atoms with Crippen LogP contribution in [-0.4, -0.2) is 40.0 Å². The van der Waals surface area contributed by atoms with Crippen LogP contribution < -0.4 is 5.32 Å². The predicted octanol–water partition coefficient (Wildman–Crippen LogP) is 1.28. The molecule has 106 valence electrons. The molecule has 1 aliphatic heterocycles. The van der Waals surface area contributed by atoms with E-state index in [1.807, 2.05) is 0 Å². The van der Waals surface area contributed by atoms with E-state index < -0.39 is 28.7 Å². The maximum Gasteiger partial charge on any atom is 0.321 e. The van der Waals surface area contributed by atoms with E-state index in [9.17, 15) is 24.1 Å². The number of urea groups is 1. The number of hydrogen-bond donors (Lipinski definition) is 2. The summed E-state index contributed by atoms with van der Waals surface area (Å²) in [7, 11) is 0. The number of halogens is 1. The molecule has 0 spiro atoms. The summed E-state index contributed by atoms with van der Waals surface area (Å²) in [6.07, 6.45) is 0. The number of likely N-dealkylation sites (tertiary alicyclic amines) is 1. The van der Waals surface area contributed by atoms with Crippen molar-refractivity contribution < 1.29 is 24.0 Å². The summed E-state index contributed by atoms with van der Waals surface area (Å²) in [6.45, 7) is 0.0510. The average Bonchev–Trinajstić information content (AvgIpc) is 2.29. The summed E-state index contributed by atoms with van der Waals surface area (Å²) in [5.74, 6) is -2.44. The van der Waals surface area contributed by atoms with Gasteiger partial charge in [-0.1, -0.05) is 0 Å². The number of nitro benzene ring substituents is 1. The van der Waals surface area contributed by atoms with E-state index in [4.69, 9.17) is 5.11 Å². The van der Waals surface area contributed by atoms with Crippen molar-refractivity contribution in [1.82, 2.24) is 4.90 Å². The minimum Gasteiger partial charge on any atom is -0.481 e. The maximum atomic E-state index is 13.4. The molecule has 1 aromatic carbocycles. The Hall–Kier alpha value is -2.71. The normalized spacial score (nSPS) is 14.6. The molecule has 0 atom stereocenters. The Labute approximate surface area is 111 Å². The molecule has 0 aromatic heterocycles. The van der Waals surface area contributed by atoms with Gasteiger partial charge in [-0.15, -0.1) is 0 Å². The quantitative estimate of drug-likeness (QED) is 0.641. The third-order valence-electron chi connectivity index (χ3n) is 2.92. The Morgan fingerprint density at radius 1 is 1.45 bits per heavy atom. The highest BCUT2D eigenvalue weighted by Gasteiger charge is 2.35. The SMILES string of the molecule is O=C(O)C1CN(C(=O)Nc2cc([N+](=O)[O-])ccc2F)C1. The summed E-state index contributed by atoms with van der Waals surface area (Å²) in [4.78, 5) is 33.3. The van der Waals surface area contributed by atoms with Gasteiger partial charge in [0.05, 0.1) is 16.5 Å². The third kappa shape index (κ3) is 2.66. The van der Waals surface area contributed by atoms with Gasteiger partial charge < -0.3 is 15.3 Å². The standard InChI is InChI=1S/C11H10FN3O5/c12-8-2-1-7(15(19)20)3-9(8)13-11(18)14-4-6(5-14)10(16)17/h1-3,6H,4-5H2,(H,13,18)(H,16,17). The van der Waals surface area contributed by atoms with E-state index >= 15 is 0 Å². The number of hydrogen-bond acceptors (Lipinski definition) is 4. The lowest BCUT2D eigenvalue weighted by Gasteiger charge is -2.36. The van der Waals surface area contributed by atoms with Gasteiger partial charge in [0.1, 0.15) is 5.82 Å². The van der Waals surface area contributed by atoms with Crippen LogP contribution in [0.5, 0.6) is 0 Å². The Balaban J connectivity index is 2.03. The van der Waals surface area contributed by atoms with Gasteiger partial charge in [-0.25, -0.2) is 9.18 Å². The first kappa shape index (κ1) is 13.7. The van der Waals surface area contributed by atoms with Gasteiger partial charge in [0.2, 0.25) is 0 Å². The van der Waals surface area contributed by atoms with Crippen LogP contribution in [0.3, 0.4) is 0 Å². The molecule has 2 N–H and O–H groups in total. The molecule has 8 nitrogen and oxygen atoms in total. The number of carbonyl (C=O) groups excluding carboxylic acids is 1. The van der Waals surface area contributed by atoms with Gasteiger partial charge in [-0.3, -0.25) is 14.9 Å². The number of carbonyl (C=O) groups is 2. The molecule has 2 rings (SSSR count). The van der Waals surface area contributed by atoms with E-state index in [1.165, 1.54) is 4.90 Å². The molecule has 0 radical (unpaired) electrons. The second kappa shape index (κ2) is 5.11. The second-order valence-electron chi connectivity index (χ2n) is 4.29.